The van der Waals surface area contributed by atoms with Crippen LogP contribution in [0.15, 0.2) is 60.8 Å². The Morgan fingerprint density at radius 2 is 0.641 bits per heavy atom. The second kappa shape index (κ2) is 67.1. The predicted molar refractivity (Wildman–Crippen MR) is 342 cm³/mol. The predicted octanol–water partition coefficient (Wildman–Crippen LogP) is 22.3. The Kier molecular flexibility index (Phi) is 65.0. The second-order valence-electron chi connectivity index (χ2n) is 23.5. The van der Waals surface area contributed by atoms with Gasteiger partial charge in [0.25, 0.3) is 0 Å². The van der Waals surface area contributed by atoms with E-state index in [9.17, 15) is 19.8 Å². The third-order valence-corrected chi connectivity index (χ3v) is 15.8. The van der Waals surface area contributed by atoms with Crippen molar-refractivity contribution in [2.45, 2.75) is 373 Å². The van der Waals surface area contributed by atoms with E-state index in [1.807, 2.05) is 6.08 Å². The van der Waals surface area contributed by atoms with Crippen LogP contribution in [0.4, 0.5) is 0 Å². The lowest BCUT2D eigenvalue weighted by Crippen LogP contribution is -2.45. The van der Waals surface area contributed by atoms with Crippen LogP contribution in [-0.2, 0) is 14.3 Å². The lowest BCUT2D eigenvalue weighted by atomic mass is 10.0. The second-order valence-corrected chi connectivity index (χ2v) is 23.5. The number of aliphatic hydroxyl groups is 2. The van der Waals surface area contributed by atoms with E-state index < -0.39 is 12.1 Å². The number of amides is 1. The summed E-state index contributed by atoms with van der Waals surface area (Å²) in [5.41, 5.74) is 0. The largest absolute Gasteiger partial charge is 0.465 e. The Morgan fingerprint density at radius 3 is 0.987 bits per heavy atom. The van der Waals surface area contributed by atoms with Gasteiger partial charge in [-0.15, -0.1) is 0 Å². The first-order chi connectivity index (χ1) is 38.5. The van der Waals surface area contributed by atoms with E-state index in [-0.39, 0.29) is 18.5 Å². The number of nitrogens with one attached hydrogen (secondary N) is 1. The van der Waals surface area contributed by atoms with Crippen molar-refractivity contribution in [2.75, 3.05) is 13.2 Å². The molecule has 0 saturated carbocycles. The molecule has 2 unspecified atom stereocenters. The fraction of sp³-hybridized carbons (Fsp3) is 0.833. The number of unbranched alkanes of at least 4 members (excludes halogenated alkanes) is 45. The third kappa shape index (κ3) is 62.8. The first-order valence-electron chi connectivity index (χ1n) is 34.6. The van der Waals surface area contributed by atoms with Crippen molar-refractivity contribution in [3.63, 3.8) is 0 Å². The summed E-state index contributed by atoms with van der Waals surface area (Å²) in [4.78, 5) is 24.6. The lowest BCUT2D eigenvalue weighted by Gasteiger charge is -2.20. The zero-order valence-corrected chi connectivity index (χ0v) is 52.1. The van der Waals surface area contributed by atoms with Crippen LogP contribution in [0.3, 0.4) is 0 Å². The van der Waals surface area contributed by atoms with Gasteiger partial charge in [0.15, 0.2) is 0 Å². The number of carbonyl (C=O) groups excluding carboxylic acids is 2. The zero-order chi connectivity index (χ0) is 56.4. The first kappa shape index (κ1) is 75.6. The molecule has 0 aromatic rings. The van der Waals surface area contributed by atoms with E-state index in [4.69, 9.17) is 4.74 Å². The van der Waals surface area contributed by atoms with Gasteiger partial charge in [0.1, 0.15) is 0 Å². The minimum absolute atomic E-state index is 0.0493. The van der Waals surface area contributed by atoms with E-state index in [0.717, 1.165) is 64.2 Å². The average molecular weight is 1090 g/mol. The number of hydrogen-bond donors (Lipinski definition) is 3. The molecule has 1 amide bonds. The molecule has 0 aromatic carbocycles. The van der Waals surface area contributed by atoms with Crippen LogP contribution in [0, 0.1) is 0 Å². The molecule has 456 valence electrons. The number of esters is 1. The molecule has 0 rings (SSSR count). The van der Waals surface area contributed by atoms with Crippen molar-refractivity contribution in [3.8, 4) is 0 Å². The molecule has 0 aromatic heterocycles. The molecule has 6 nitrogen and oxygen atoms in total. The normalized spacial score (nSPS) is 12.9. The van der Waals surface area contributed by atoms with Crippen LogP contribution in [-0.4, -0.2) is 47.4 Å². The van der Waals surface area contributed by atoms with Crippen LogP contribution >= 0.6 is 0 Å². The molecule has 6 heteroatoms. The van der Waals surface area contributed by atoms with Gasteiger partial charge in [0.2, 0.25) is 5.91 Å². The first-order valence-corrected chi connectivity index (χ1v) is 34.6. The Bertz CT molecular complexity index is 1350. The molecule has 0 aliphatic rings. The van der Waals surface area contributed by atoms with Gasteiger partial charge >= 0.3 is 5.97 Å². The number of carbonyl (C=O) groups is 2. The molecule has 0 heterocycles. The molecular weight excluding hydrogens is 959 g/mol. The molecule has 0 bridgehead atoms. The molecule has 0 spiro atoms. The summed E-state index contributed by atoms with van der Waals surface area (Å²) in [5, 5.41) is 23.3. The standard InChI is InChI=1S/C72H133NO5/c1-3-5-7-9-11-13-15-17-19-21-22-23-24-25-27-30-33-36-40-44-48-52-56-60-64-70(75)69(68-74)73-71(76)65-61-57-53-49-45-41-37-34-31-28-26-29-32-35-39-43-47-51-55-59-63-67-78-72(77)66-62-58-54-50-46-42-38-20-18-16-14-12-10-8-6-4-2/h14,16,20,38,43,47,55,59-60,64,69-70,74-75H,3-13,15,17-19,21-37,39-42,44-46,48-54,56-58,61-63,65-68H2,1-2H3,(H,73,76)/b16-14-,38-20-,47-43-,59-55-,64-60+. The quantitative estimate of drug-likeness (QED) is 0.0320. The van der Waals surface area contributed by atoms with Crippen molar-refractivity contribution < 1.29 is 24.5 Å². The molecule has 3 N–H and O–H groups in total. The number of allylic oxidation sites excluding steroid dienone is 8. The molecule has 0 radical (unpaired) electrons. The maximum atomic E-state index is 12.5. The maximum Gasteiger partial charge on any atom is 0.305 e. The highest BCUT2D eigenvalue weighted by molar-refractivity contribution is 5.76. The molecule has 0 aliphatic heterocycles. The Hall–Kier alpha value is -2.44. The summed E-state index contributed by atoms with van der Waals surface area (Å²) in [6, 6.07) is -0.635. The maximum absolute atomic E-state index is 12.5. The van der Waals surface area contributed by atoms with E-state index in [1.165, 1.54) is 270 Å². The number of rotatable bonds is 64. The van der Waals surface area contributed by atoms with Crippen LogP contribution in [0.1, 0.15) is 361 Å². The van der Waals surface area contributed by atoms with Gasteiger partial charge in [0.05, 0.1) is 25.4 Å². The molecular formula is C72H133NO5. The van der Waals surface area contributed by atoms with E-state index in [0.29, 0.717) is 19.4 Å². The van der Waals surface area contributed by atoms with Gasteiger partial charge in [-0.3, -0.25) is 9.59 Å². The van der Waals surface area contributed by atoms with E-state index in [1.54, 1.807) is 6.08 Å². The molecule has 0 aliphatic carbocycles. The number of hydrogen-bond acceptors (Lipinski definition) is 5. The van der Waals surface area contributed by atoms with Gasteiger partial charge < -0.3 is 20.3 Å². The zero-order valence-electron chi connectivity index (χ0n) is 52.1. The van der Waals surface area contributed by atoms with E-state index >= 15 is 0 Å². The highest BCUT2D eigenvalue weighted by Gasteiger charge is 2.18. The van der Waals surface area contributed by atoms with Gasteiger partial charge in [-0.25, -0.2) is 0 Å². The number of ether oxygens (including phenoxy) is 1. The average Bonchev–Trinajstić information content (AvgIpc) is 3.44. The molecule has 0 saturated heterocycles. The van der Waals surface area contributed by atoms with Crippen LogP contribution in [0.5, 0.6) is 0 Å². The highest BCUT2D eigenvalue weighted by Crippen LogP contribution is 2.18. The Morgan fingerprint density at radius 1 is 0.359 bits per heavy atom. The van der Waals surface area contributed by atoms with Crippen LogP contribution < -0.4 is 5.32 Å². The van der Waals surface area contributed by atoms with Crippen molar-refractivity contribution in [3.05, 3.63) is 60.8 Å². The lowest BCUT2D eigenvalue weighted by molar-refractivity contribution is -0.143. The third-order valence-electron chi connectivity index (χ3n) is 15.8. The Balaban J connectivity index is 3.49. The highest BCUT2D eigenvalue weighted by atomic mass is 16.5. The van der Waals surface area contributed by atoms with Crippen molar-refractivity contribution >= 4 is 11.9 Å². The topological polar surface area (TPSA) is 95.9 Å². The van der Waals surface area contributed by atoms with Crippen molar-refractivity contribution in [1.29, 1.82) is 0 Å². The van der Waals surface area contributed by atoms with Gasteiger partial charge in [-0.1, -0.05) is 325 Å². The smallest absolute Gasteiger partial charge is 0.305 e. The summed E-state index contributed by atoms with van der Waals surface area (Å²) in [6.45, 7) is 4.79. The molecule has 78 heavy (non-hydrogen) atoms. The minimum Gasteiger partial charge on any atom is -0.465 e. The number of aliphatic hydroxyl groups excluding tert-OH is 2. The van der Waals surface area contributed by atoms with Gasteiger partial charge in [-0.2, -0.15) is 0 Å². The van der Waals surface area contributed by atoms with Gasteiger partial charge in [0, 0.05) is 12.8 Å². The Labute approximate surface area is 486 Å². The molecule has 0 fully saturated rings. The van der Waals surface area contributed by atoms with Crippen LogP contribution in [0.2, 0.25) is 0 Å². The van der Waals surface area contributed by atoms with Crippen LogP contribution in [0.25, 0.3) is 0 Å². The van der Waals surface area contributed by atoms with Gasteiger partial charge in [-0.05, 0) is 83.5 Å². The minimum atomic E-state index is -0.851. The van der Waals surface area contributed by atoms with Crippen molar-refractivity contribution in [2.24, 2.45) is 0 Å². The molecule has 2 atom stereocenters. The monoisotopic (exact) mass is 1090 g/mol. The van der Waals surface area contributed by atoms with Crippen molar-refractivity contribution in [1.82, 2.24) is 5.32 Å². The fourth-order valence-electron chi connectivity index (χ4n) is 10.5. The summed E-state index contributed by atoms with van der Waals surface area (Å²) in [5.74, 6) is -0.120. The van der Waals surface area contributed by atoms with E-state index in [2.05, 4.69) is 67.8 Å². The SMILES string of the molecule is CCCCCC/C=C\C/C=C\CCCCCCCC(=O)OCC/C=C\C/C=C\CCCCCCCCCCCCCCCCC(=O)NC(CO)C(O)/C=C/CCCCCCCCCCCCCCCCCCCCCCCC. The summed E-state index contributed by atoms with van der Waals surface area (Å²) >= 11 is 0. The fourth-order valence-corrected chi connectivity index (χ4v) is 10.5. The summed E-state index contributed by atoms with van der Waals surface area (Å²) in [6.07, 6.45) is 88.7. The summed E-state index contributed by atoms with van der Waals surface area (Å²) < 4.78 is 5.42. The summed E-state index contributed by atoms with van der Waals surface area (Å²) in [7, 11) is 0.